The maximum absolute atomic E-state index is 12.7. The molecular weight excluding hydrogens is 496 g/mol. The van der Waals surface area contributed by atoms with Gasteiger partial charge in [0.15, 0.2) is 5.82 Å². The number of carbonyl (C=O) groups excluding carboxylic acids is 2. The van der Waals surface area contributed by atoms with Gasteiger partial charge in [-0.15, -0.1) is 5.10 Å². The summed E-state index contributed by atoms with van der Waals surface area (Å²) in [6.07, 6.45) is 0.554. The lowest BCUT2D eigenvalue weighted by atomic mass is 9.93. The van der Waals surface area contributed by atoms with E-state index in [1.54, 1.807) is 14.0 Å². The maximum Gasteiger partial charge on any atom is 0.413 e. The zero-order valence-electron chi connectivity index (χ0n) is 22.3. The van der Waals surface area contributed by atoms with Gasteiger partial charge in [0, 0.05) is 11.6 Å². The van der Waals surface area contributed by atoms with Crippen LogP contribution in [0, 0.1) is 6.92 Å². The summed E-state index contributed by atoms with van der Waals surface area (Å²) in [6.45, 7) is 3.57. The monoisotopic (exact) mass is 526 g/mol. The second kappa shape index (κ2) is 10.6. The van der Waals surface area contributed by atoms with E-state index in [-0.39, 0.29) is 5.97 Å². The SMILES string of the molecule is COC(=O)C1(c2ccc(-c3ccc(-n4nnc(C)c4NC(=O)O[C@H](C)c4ccccc4)cc3OC)cc2)CC1. The zero-order chi connectivity index (χ0) is 27.6. The number of nitrogens with one attached hydrogen (secondary N) is 1. The number of carbonyl (C=O) groups is 2. The number of aromatic nitrogens is 3. The molecule has 1 saturated carbocycles. The quantitative estimate of drug-likeness (QED) is 0.291. The molecule has 1 atom stereocenters. The molecule has 0 unspecified atom stereocenters. The number of hydrogen-bond donors (Lipinski definition) is 1. The molecule has 0 bridgehead atoms. The first-order valence-corrected chi connectivity index (χ1v) is 12.7. The molecule has 1 amide bonds. The van der Waals surface area contributed by atoms with Crippen LogP contribution in [-0.2, 0) is 19.7 Å². The van der Waals surface area contributed by atoms with Crippen molar-refractivity contribution in [1.29, 1.82) is 0 Å². The first-order valence-electron chi connectivity index (χ1n) is 12.7. The molecule has 200 valence electrons. The number of nitrogens with zero attached hydrogens (tertiary/aromatic N) is 3. The average molecular weight is 527 g/mol. The van der Waals surface area contributed by atoms with Gasteiger partial charge >= 0.3 is 12.1 Å². The summed E-state index contributed by atoms with van der Waals surface area (Å²) in [5.41, 5.74) is 4.33. The summed E-state index contributed by atoms with van der Waals surface area (Å²) in [4.78, 5) is 24.9. The number of anilines is 1. The Labute approximate surface area is 226 Å². The van der Waals surface area contributed by atoms with Gasteiger partial charge in [-0.05, 0) is 55.5 Å². The molecule has 1 fully saturated rings. The molecule has 9 heteroatoms. The van der Waals surface area contributed by atoms with Crippen molar-refractivity contribution < 1.29 is 23.8 Å². The number of benzene rings is 3. The molecule has 9 nitrogen and oxygen atoms in total. The molecule has 1 aliphatic carbocycles. The molecule has 1 aromatic heterocycles. The smallest absolute Gasteiger partial charge is 0.413 e. The highest BCUT2D eigenvalue weighted by molar-refractivity contribution is 5.87. The standard InChI is InChI=1S/C30H30N4O5/c1-19-27(31-29(36)39-20(2)21-8-6-5-7-9-21)34(33-32-19)24-14-15-25(26(18-24)37-3)22-10-12-23(13-11-22)30(16-17-30)28(35)38-4/h5-15,18,20H,16-17H2,1-4H3,(H,31,36)/t20-/m1/s1. The lowest BCUT2D eigenvalue weighted by Gasteiger charge is -2.16. The van der Waals surface area contributed by atoms with Crippen molar-refractivity contribution >= 4 is 17.9 Å². The number of hydrogen-bond acceptors (Lipinski definition) is 7. The van der Waals surface area contributed by atoms with E-state index >= 15 is 0 Å². The summed E-state index contributed by atoms with van der Waals surface area (Å²) >= 11 is 0. The van der Waals surface area contributed by atoms with Gasteiger partial charge in [-0.1, -0.05) is 59.8 Å². The van der Waals surface area contributed by atoms with E-state index in [1.807, 2.05) is 79.7 Å². The molecule has 3 aromatic carbocycles. The molecule has 0 aliphatic heterocycles. The average Bonchev–Trinajstić information content (AvgIpc) is 3.71. The summed E-state index contributed by atoms with van der Waals surface area (Å²) < 4.78 is 17.8. The predicted octanol–water partition coefficient (Wildman–Crippen LogP) is 5.77. The van der Waals surface area contributed by atoms with Crippen molar-refractivity contribution in [1.82, 2.24) is 15.0 Å². The first-order chi connectivity index (χ1) is 18.9. The molecule has 0 saturated heterocycles. The van der Waals surface area contributed by atoms with E-state index in [4.69, 9.17) is 14.2 Å². The van der Waals surface area contributed by atoms with E-state index in [1.165, 1.54) is 11.8 Å². The van der Waals surface area contributed by atoms with Crippen LogP contribution in [-0.4, -0.2) is 41.3 Å². The lowest BCUT2D eigenvalue weighted by Crippen LogP contribution is -2.21. The Bertz CT molecular complexity index is 1490. The second-order valence-corrected chi connectivity index (χ2v) is 9.55. The van der Waals surface area contributed by atoms with Crippen molar-refractivity contribution in [3.8, 4) is 22.6 Å². The normalized spacial score (nSPS) is 14.3. The number of aryl methyl sites for hydroxylation is 1. The van der Waals surface area contributed by atoms with E-state index in [0.29, 0.717) is 22.9 Å². The Hall–Kier alpha value is -4.66. The first kappa shape index (κ1) is 26.0. The summed E-state index contributed by atoms with van der Waals surface area (Å²) in [7, 11) is 3.02. The third kappa shape index (κ3) is 5.07. The number of ether oxygens (including phenoxy) is 3. The van der Waals surface area contributed by atoms with Crippen LogP contribution in [0.3, 0.4) is 0 Å². The van der Waals surface area contributed by atoms with Crippen LogP contribution in [0.4, 0.5) is 10.6 Å². The van der Waals surface area contributed by atoms with Crippen LogP contribution >= 0.6 is 0 Å². The van der Waals surface area contributed by atoms with Crippen LogP contribution < -0.4 is 10.1 Å². The largest absolute Gasteiger partial charge is 0.496 e. The minimum Gasteiger partial charge on any atom is -0.496 e. The summed E-state index contributed by atoms with van der Waals surface area (Å²) in [5, 5.41) is 11.1. The number of amides is 1. The highest BCUT2D eigenvalue weighted by Gasteiger charge is 2.52. The molecular formula is C30H30N4O5. The number of methoxy groups -OCH3 is 2. The molecule has 4 aromatic rings. The number of esters is 1. The molecule has 5 rings (SSSR count). The van der Waals surface area contributed by atoms with Gasteiger partial charge in [0.05, 0.1) is 25.3 Å². The van der Waals surface area contributed by atoms with Crippen LogP contribution in [0.25, 0.3) is 16.8 Å². The topological polar surface area (TPSA) is 105 Å². The Balaban J connectivity index is 1.37. The molecule has 1 N–H and O–H groups in total. The number of rotatable bonds is 8. The summed E-state index contributed by atoms with van der Waals surface area (Å²) in [6, 6.07) is 23.0. The van der Waals surface area contributed by atoms with Gasteiger partial charge in [-0.3, -0.25) is 10.1 Å². The van der Waals surface area contributed by atoms with Crippen molar-refractivity contribution in [2.24, 2.45) is 0 Å². The fraction of sp³-hybridized carbons (Fsp3) is 0.267. The van der Waals surface area contributed by atoms with E-state index in [2.05, 4.69) is 15.6 Å². The fourth-order valence-electron chi connectivity index (χ4n) is 4.71. The Morgan fingerprint density at radius 2 is 1.72 bits per heavy atom. The molecule has 39 heavy (non-hydrogen) atoms. The van der Waals surface area contributed by atoms with Crippen molar-refractivity contribution in [3.63, 3.8) is 0 Å². The highest BCUT2D eigenvalue weighted by Crippen LogP contribution is 2.49. The fourth-order valence-corrected chi connectivity index (χ4v) is 4.71. The van der Waals surface area contributed by atoms with Gasteiger partial charge in [0.2, 0.25) is 0 Å². The van der Waals surface area contributed by atoms with Gasteiger partial charge in [-0.2, -0.15) is 4.68 Å². The Kier molecular flexibility index (Phi) is 7.06. The third-order valence-corrected chi connectivity index (χ3v) is 7.12. The summed E-state index contributed by atoms with van der Waals surface area (Å²) in [5.74, 6) is 0.828. The van der Waals surface area contributed by atoms with Crippen LogP contribution in [0.2, 0.25) is 0 Å². The van der Waals surface area contributed by atoms with Gasteiger partial charge in [0.25, 0.3) is 0 Å². The van der Waals surface area contributed by atoms with Crippen LogP contribution in [0.5, 0.6) is 5.75 Å². The van der Waals surface area contributed by atoms with Gasteiger partial charge < -0.3 is 14.2 Å². The molecule has 0 radical (unpaired) electrons. The van der Waals surface area contributed by atoms with E-state index < -0.39 is 17.6 Å². The highest BCUT2D eigenvalue weighted by atomic mass is 16.6. The van der Waals surface area contributed by atoms with Gasteiger partial charge in [-0.25, -0.2) is 4.79 Å². The molecule has 0 spiro atoms. The van der Waals surface area contributed by atoms with Crippen LogP contribution in [0.1, 0.15) is 42.7 Å². The Morgan fingerprint density at radius 3 is 2.36 bits per heavy atom. The molecule has 1 heterocycles. The minimum absolute atomic E-state index is 0.192. The van der Waals surface area contributed by atoms with Crippen molar-refractivity contribution in [3.05, 3.63) is 89.6 Å². The van der Waals surface area contributed by atoms with Crippen molar-refractivity contribution in [2.45, 2.75) is 38.2 Å². The minimum atomic E-state index is -0.609. The molecule has 1 aliphatic rings. The van der Waals surface area contributed by atoms with Gasteiger partial charge in [0.1, 0.15) is 17.5 Å². The second-order valence-electron chi connectivity index (χ2n) is 9.55. The van der Waals surface area contributed by atoms with Crippen LogP contribution in [0.15, 0.2) is 72.8 Å². The van der Waals surface area contributed by atoms with E-state index in [9.17, 15) is 9.59 Å². The zero-order valence-corrected chi connectivity index (χ0v) is 22.3. The Morgan fingerprint density at radius 1 is 1.00 bits per heavy atom. The van der Waals surface area contributed by atoms with E-state index in [0.717, 1.165) is 35.1 Å². The third-order valence-electron chi connectivity index (χ3n) is 7.12. The maximum atomic E-state index is 12.7. The van der Waals surface area contributed by atoms with Crippen molar-refractivity contribution in [2.75, 3.05) is 19.5 Å². The lowest BCUT2D eigenvalue weighted by molar-refractivity contribution is -0.143. The predicted molar refractivity (Wildman–Crippen MR) is 146 cm³/mol.